The van der Waals surface area contributed by atoms with Crippen molar-refractivity contribution in [3.63, 3.8) is 0 Å². The molecule has 0 spiro atoms. The van der Waals surface area contributed by atoms with Gasteiger partial charge >= 0.3 is 0 Å². The number of hydrogen-bond donors (Lipinski definition) is 0. The zero-order valence-corrected chi connectivity index (χ0v) is 17.6. The summed E-state index contributed by atoms with van der Waals surface area (Å²) in [5.41, 5.74) is 2.77. The molecular formula is C23H23FN4OS. The van der Waals surface area contributed by atoms with Gasteiger partial charge in [-0.1, -0.05) is 48.2 Å². The predicted octanol–water partition coefficient (Wildman–Crippen LogP) is 5.08. The number of carbonyl (C=O) groups is 1. The van der Waals surface area contributed by atoms with Gasteiger partial charge in [-0.25, -0.2) is 4.39 Å². The monoisotopic (exact) mass is 422 g/mol. The molecule has 0 saturated heterocycles. The quantitative estimate of drug-likeness (QED) is 0.498. The van der Waals surface area contributed by atoms with Gasteiger partial charge in [0.15, 0.2) is 11.0 Å². The second-order valence-corrected chi connectivity index (χ2v) is 7.94. The van der Waals surface area contributed by atoms with Crippen molar-refractivity contribution in [2.45, 2.75) is 31.3 Å². The van der Waals surface area contributed by atoms with Crippen LogP contribution < -0.4 is 0 Å². The minimum absolute atomic E-state index is 0.0607. The van der Waals surface area contributed by atoms with Crippen LogP contribution in [0.15, 0.2) is 71.5 Å². The third-order valence-corrected chi connectivity index (χ3v) is 5.97. The molecule has 0 unspecified atom stereocenters. The Hall–Kier alpha value is -2.93. The first-order chi connectivity index (χ1) is 14.7. The Kier molecular flexibility index (Phi) is 6.28. The Morgan fingerprint density at radius 2 is 1.90 bits per heavy atom. The lowest BCUT2D eigenvalue weighted by molar-refractivity contribution is -0.126. The van der Waals surface area contributed by atoms with E-state index in [0.717, 1.165) is 36.2 Å². The van der Waals surface area contributed by atoms with Gasteiger partial charge < -0.3 is 4.90 Å². The molecule has 1 heterocycles. The van der Waals surface area contributed by atoms with Crippen LogP contribution in [0.25, 0.3) is 17.1 Å². The van der Waals surface area contributed by atoms with Crippen molar-refractivity contribution >= 4 is 17.7 Å². The van der Waals surface area contributed by atoms with Crippen molar-refractivity contribution in [1.29, 1.82) is 0 Å². The molecule has 5 nitrogen and oxygen atoms in total. The number of nitrogens with zero attached hydrogens (tertiary/aromatic N) is 4. The molecule has 0 atom stereocenters. The molecule has 0 bridgehead atoms. The van der Waals surface area contributed by atoms with E-state index in [1.807, 2.05) is 46.7 Å². The van der Waals surface area contributed by atoms with Crippen molar-refractivity contribution in [3.8, 4) is 17.1 Å². The van der Waals surface area contributed by atoms with E-state index < -0.39 is 0 Å². The highest BCUT2D eigenvalue weighted by atomic mass is 32.2. The first-order valence-corrected chi connectivity index (χ1v) is 11.0. The first-order valence-electron chi connectivity index (χ1n) is 10.1. The fourth-order valence-electron chi connectivity index (χ4n) is 3.60. The zero-order valence-electron chi connectivity index (χ0n) is 16.8. The molecule has 0 saturated carbocycles. The fraction of sp³-hybridized carbons (Fsp3) is 0.261. The summed E-state index contributed by atoms with van der Waals surface area (Å²) in [6.07, 6.45) is 5.24. The molecule has 0 N–H and O–H groups in total. The van der Waals surface area contributed by atoms with Crippen molar-refractivity contribution in [1.82, 2.24) is 19.7 Å². The lowest BCUT2D eigenvalue weighted by Gasteiger charge is -2.22. The van der Waals surface area contributed by atoms with E-state index in [1.165, 1.54) is 23.9 Å². The van der Waals surface area contributed by atoms with Gasteiger partial charge in [-0.3, -0.25) is 9.36 Å². The van der Waals surface area contributed by atoms with Gasteiger partial charge in [-0.2, -0.15) is 0 Å². The SMILES string of the molecule is CCN(C(=O)CSc1nnc(-c2ccccc2)n1-c1ccc(F)cc1)C1=CCCC1. The summed E-state index contributed by atoms with van der Waals surface area (Å²) in [5.74, 6) is 0.675. The van der Waals surface area contributed by atoms with Gasteiger partial charge in [-0.05, 0) is 50.5 Å². The summed E-state index contributed by atoms with van der Waals surface area (Å²) in [6.45, 7) is 2.65. The Bertz CT molecular complexity index is 1050. The van der Waals surface area contributed by atoms with Gasteiger partial charge in [0, 0.05) is 23.5 Å². The summed E-state index contributed by atoms with van der Waals surface area (Å²) < 4.78 is 15.4. The molecule has 1 aromatic heterocycles. The highest BCUT2D eigenvalue weighted by Gasteiger charge is 2.21. The Morgan fingerprint density at radius 1 is 1.13 bits per heavy atom. The summed E-state index contributed by atoms with van der Waals surface area (Å²) >= 11 is 1.35. The van der Waals surface area contributed by atoms with Crippen LogP contribution in [-0.4, -0.2) is 37.9 Å². The van der Waals surface area contributed by atoms with Crippen molar-refractivity contribution in [2.24, 2.45) is 0 Å². The van der Waals surface area contributed by atoms with Gasteiger partial charge in [0.1, 0.15) is 5.82 Å². The normalized spacial score (nSPS) is 13.3. The maximum Gasteiger partial charge on any atom is 0.237 e. The maximum absolute atomic E-state index is 13.5. The van der Waals surface area contributed by atoms with Gasteiger partial charge in [-0.15, -0.1) is 10.2 Å². The number of aromatic nitrogens is 3. The number of hydrogen-bond acceptors (Lipinski definition) is 4. The second-order valence-electron chi connectivity index (χ2n) is 7.00. The van der Waals surface area contributed by atoms with Gasteiger partial charge in [0.2, 0.25) is 5.91 Å². The summed E-state index contributed by atoms with van der Waals surface area (Å²) in [4.78, 5) is 14.7. The fourth-order valence-corrected chi connectivity index (χ4v) is 4.43. The van der Waals surface area contributed by atoms with E-state index in [-0.39, 0.29) is 17.5 Å². The van der Waals surface area contributed by atoms with E-state index >= 15 is 0 Å². The molecule has 30 heavy (non-hydrogen) atoms. The Balaban J connectivity index is 1.62. The highest BCUT2D eigenvalue weighted by molar-refractivity contribution is 7.99. The van der Waals surface area contributed by atoms with Crippen LogP contribution in [0, 0.1) is 5.82 Å². The third-order valence-electron chi connectivity index (χ3n) is 5.06. The second kappa shape index (κ2) is 9.26. The molecule has 4 rings (SSSR count). The third kappa shape index (κ3) is 4.31. The number of carbonyl (C=O) groups excluding carboxylic acids is 1. The summed E-state index contributed by atoms with van der Waals surface area (Å²) in [6, 6.07) is 15.9. The smallest absolute Gasteiger partial charge is 0.237 e. The number of amides is 1. The topological polar surface area (TPSA) is 51.0 Å². The molecular weight excluding hydrogens is 399 g/mol. The molecule has 0 aliphatic heterocycles. The molecule has 154 valence electrons. The molecule has 3 aromatic rings. The van der Waals surface area contributed by atoms with E-state index in [2.05, 4.69) is 16.3 Å². The summed E-state index contributed by atoms with van der Waals surface area (Å²) in [7, 11) is 0. The maximum atomic E-state index is 13.5. The average Bonchev–Trinajstić information content (AvgIpc) is 3.44. The minimum atomic E-state index is -0.305. The number of rotatable bonds is 7. The summed E-state index contributed by atoms with van der Waals surface area (Å²) in [5, 5.41) is 9.31. The van der Waals surface area contributed by atoms with Crippen LogP contribution in [0.3, 0.4) is 0 Å². The van der Waals surface area contributed by atoms with Crippen LogP contribution in [-0.2, 0) is 4.79 Å². The molecule has 1 aliphatic rings. The largest absolute Gasteiger partial charge is 0.316 e. The van der Waals surface area contributed by atoms with Crippen LogP contribution in [0.2, 0.25) is 0 Å². The molecule has 0 radical (unpaired) electrons. The molecule has 1 amide bonds. The van der Waals surface area contributed by atoms with E-state index in [9.17, 15) is 9.18 Å². The zero-order chi connectivity index (χ0) is 20.9. The van der Waals surface area contributed by atoms with Crippen molar-refractivity contribution in [3.05, 3.63) is 72.2 Å². The number of halogens is 1. The number of thioether (sulfide) groups is 1. The van der Waals surface area contributed by atoms with E-state index in [1.54, 1.807) is 12.1 Å². The Labute approximate surface area is 179 Å². The minimum Gasteiger partial charge on any atom is -0.316 e. The van der Waals surface area contributed by atoms with Gasteiger partial charge in [0.25, 0.3) is 0 Å². The lowest BCUT2D eigenvalue weighted by atomic mass is 10.2. The van der Waals surface area contributed by atoms with Gasteiger partial charge in [0.05, 0.1) is 5.75 Å². The van der Waals surface area contributed by atoms with Crippen LogP contribution >= 0.6 is 11.8 Å². The van der Waals surface area contributed by atoms with E-state index in [0.29, 0.717) is 17.5 Å². The van der Waals surface area contributed by atoms with Crippen LogP contribution in [0.5, 0.6) is 0 Å². The van der Waals surface area contributed by atoms with Crippen LogP contribution in [0.1, 0.15) is 26.2 Å². The van der Waals surface area contributed by atoms with E-state index in [4.69, 9.17) is 0 Å². The molecule has 1 aliphatic carbocycles. The highest BCUT2D eigenvalue weighted by Crippen LogP contribution is 2.29. The first kappa shape index (κ1) is 20.3. The van der Waals surface area contributed by atoms with Crippen molar-refractivity contribution in [2.75, 3.05) is 12.3 Å². The predicted molar refractivity (Wildman–Crippen MR) is 117 cm³/mol. The average molecular weight is 423 g/mol. The molecule has 2 aromatic carbocycles. The lowest BCUT2D eigenvalue weighted by Crippen LogP contribution is -2.31. The van der Waals surface area contributed by atoms with Crippen LogP contribution in [0.4, 0.5) is 4.39 Å². The molecule has 7 heteroatoms. The number of benzene rings is 2. The van der Waals surface area contributed by atoms with Crippen molar-refractivity contribution < 1.29 is 9.18 Å². The Morgan fingerprint density at radius 3 is 2.57 bits per heavy atom. The number of allylic oxidation sites excluding steroid dienone is 2. The molecule has 0 fully saturated rings. The standard InChI is InChI=1S/C23H23FN4OS/c1-2-27(19-10-6-7-11-19)21(29)16-30-23-26-25-22(17-8-4-3-5-9-17)28(23)20-14-12-18(24)13-15-20/h3-5,8-10,12-15H,2,6-7,11,16H2,1H3.